The highest BCUT2D eigenvalue weighted by atomic mass is 16.5. The Morgan fingerprint density at radius 3 is 2.67 bits per heavy atom. The molecule has 6 heteroatoms. The predicted octanol–water partition coefficient (Wildman–Crippen LogP) is 1.08. The van der Waals surface area contributed by atoms with Gasteiger partial charge in [0.2, 0.25) is 0 Å². The van der Waals surface area contributed by atoms with Gasteiger partial charge in [0, 0.05) is 23.5 Å². The van der Waals surface area contributed by atoms with Crippen LogP contribution in [-0.2, 0) is 0 Å². The second-order valence-corrected chi connectivity index (χ2v) is 4.18. The van der Waals surface area contributed by atoms with Crippen LogP contribution >= 0.6 is 0 Å². The maximum atomic E-state index is 12.0. The van der Waals surface area contributed by atoms with E-state index in [1.165, 1.54) is 19.3 Å². The molecule has 6 nitrogen and oxygen atoms in total. The maximum absolute atomic E-state index is 12.0. The van der Waals surface area contributed by atoms with Gasteiger partial charge < -0.3 is 15.1 Å². The van der Waals surface area contributed by atoms with Crippen LogP contribution in [0.25, 0.3) is 11.0 Å². The molecule has 0 fully saturated rings. The second kappa shape index (κ2) is 4.14. The Labute approximate surface area is 103 Å². The van der Waals surface area contributed by atoms with Crippen LogP contribution in [0.3, 0.4) is 0 Å². The van der Waals surface area contributed by atoms with Crippen LogP contribution in [0.2, 0.25) is 0 Å². The molecule has 2 rings (SSSR count). The van der Waals surface area contributed by atoms with Crippen molar-refractivity contribution in [2.45, 2.75) is 13.8 Å². The van der Waals surface area contributed by atoms with Gasteiger partial charge in [0.1, 0.15) is 12.6 Å². The van der Waals surface area contributed by atoms with Crippen LogP contribution < -0.4 is 4.43 Å². The van der Waals surface area contributed by atoms with E-state index in [1.54, 1.807) is 26.0 Å². The van der Waals surface area contributed by atoms with Gasteiger partial charge in [-0.3, -0.25) is 0 Å². The lowest BCUT2D eigenvalue weighted by atomic mass is 10.2. The SMILES string of the molecule is Cc1c(C)[n+](=O)c2ccc(/C=[N+](/C)[O-])cc2n1[O-]. The Bertz CT molecular complexity index is 713. The third kappa shape index (κ3) is 1.81. The molecule has 1 aromatic heterocycles. The Balaban J connectivity index is 2.86. The van der Waals surface area contributed by atoms with Crippen molar-refractivity contribution in [3.63, 3.8) is 0 Å². The standard InChI is InChI=1S/C12H13N3O3/c1-8-9(2)15(18)12-6-10(7-13(3)16)4-5-11(12)14(8)17/h4-7H,1-3H3/b13-7-. The van der Waals surface area contributed by atoms with Crippen LogP contribution in [-0.4, -0.2) is 22.7 Å². The summed E-state index contributed by atoms with van der Waals surface area (Å²) in [6.07, 6.45) is 1.34. The van der Waals surface area contributed by atoms with Gasteiger partial charge >= 0.3 is 0 Å². The minimum atomic E-state index is 0.253. The number of rotatable bonds is 1. The third-order valence-corrected chi connectivity index (χ3v) is 2.90. The molecule has 0 N–H and O–H groups in total. The van der Waals surface area contributed by atoms with Gasteiger partial charge in [-0.1, -0.05) is 0 Å². The van der Waals surface area contributed by atoms with E-state index in [0.717, 1.165) is 4.43 Å². The van der Waals surface area contributed by atoms with Crippen molar-refractivity contribution in [2.75, 3.05) is 7.05 Å². The molecule has 0 radical (unpaired) electrons. The first-order valence-corrected chi connectivity index (χ1v) is 5.42. The summed E-state index contributed by atoms with van der Waals surface area (Å²) in [6, 6.07) is 4.69. The Morgan fingerprint density at radius 2 is 2.06 bits per heavy atom. The van der Waals surface area contributed by atoms with Gasteiger partial charge in [-0.2, -0.15) is 0 Å². The smallest absolute Gasteiger partial charge is 0.286 e. The molecule has 0 aliphatic heterocycles. The summed E-state index contributed by atoms with van der Waals surface area (Å²) >= 11 is 0. The molecule has 0 amide bonds. The Morgan fingerprint density at radius 1 is 1.39 bits per heavy atom. The van der Waals surface area contributed by atoms with Crippen molar-refractivity contribution in [3.8, 4) is 0 Å². The van der Waals surface area contributed by atoms with Gasteiger partial charge in [-0.05, 0) is 19.1 Å². The summed E-state index contributed by atoms with van der Waals surface area (Å²) in [7, 11) is 1.35. The molecule has 18 heavy (non-hydrogen) atoms. The second-order valence-electron chi connectivity index (χ2n) is 4.18. The van der Waals surface area contributed by atoms with E-state index in [-0.39, 0.29) is 5.52 Å². The number of hydroxylamine groups is 1. The highest BCUT2D eigenvalue weighted by Gasteiger charge is 2.15. The summed E-state index contributed by atoms with van der Waals surface area (Å²) in [5.74, 6) is 0. The minimum Gasteiger partial charge on any atom is -0.805 e. The summed E-state index contributed by atoms with van der Waals surface area (Å²) < 4.78 is 2.08. The molecule has 0 saturated heterocycles. The van der Waals surface area contributed by atoms with Crippen LogP contribution in [0.5, 0.6) is 0 Å². The average Bonchev–Trinajstić information content (AvgIpc) is 2.33. The van der Waals surface area contributed by atoms with E-state index in [4.69, 9.17) is 0 Å². The monoisotopic (exact) mass is 247 g/mol. The van der Waals surface area contributed by atoms with Crippen molar-refractivity contribution in [3.05, 3.63) is 50.5 Å². The molecule has 0 bridgehead atoms. The molecule has 0 spiro atoms. The topological polar surface area (TPSA) is 77.0 Å². The molecule has 0 atom stereocenters. The summed E-state index contributed by atoms with van der Waals surface area (Å²) in [5.41, 5.74) is 1.84. The first-order chi connectivity index (χ1) is 8.41. The van der Waals surface area contributed by atoms with Crippen molar-refractivity contribution in [2.24, 2.45) is 0 Å². The van der Waals surface area contributed by atoms with E-state index in [0.29, 0.717) is 31.9 Å². The normalized spacial score (nSPS) is 12.1. The van der Waals surface area contributed by atoms with E-state index in [1.807, 2.05) is 0 Å². The molecule has 0 aliphatic carbocycles. The van der Waals surface area contributed by atoms with Gasteiger partial charge in [-0.15, -0.1) is 0 Å². The zero-order valence-electron chi connectivity index (χ0n) is 10.4. The fraction of sp³-hybridized carbons (Fsp3) is 0.250. The van der Waals surface area contributed by atoms with Crippen LogP contribution in [0, 0.1) is 29.2 Å². The van der Waals surface area contributed by atoms with Crippen molar-refractivity contribution < 1.29 is 9.17 Å². The minimum absolute atomic E-state index is 0.253. The lowest BCUT2D eigenvalue weighted by Gasteiger charge is -2.15. The number of hydrogen-bond donors (Lipinski definition) is 0. The first kappa shape index (κ1) is 12.1. The van der Waals surface area contributed by atoms with E-state index in [9.17, 15) is 15.3 Å². The largest absolute Gasteiger partial charge is 0.805 e. The molecule has 0 aliphatic rings. The van der Waals surface area contributed by atoms with Crippen molar-refractivity contribution in [1.29, 1.82) is 0 Å². The number of benzene rings is 1. The molecule has 2 aromatic rings. The average molecular weight is 247 g/mol. The summed E-state index contributed by atoms with van der Waals surface area (Å²) in [5, 5.41) is 22.9. The highest BCUT2D eigenvalue weighted by molar-refractivity contribution is 5.84. The highest BCUT2D eigenvalue weighted by Crippen LogP contribution is 2.14. The van der Waals surface area contributed by atoms with Crippen LogP contribution in [0.15, 0.2) is 18.2 Å². The van der Waals surface area contributed by atoms with Gasteiger partial charge in [0.05, 0.1) is 10.1 Å². The Hall–Kier alpha value is -2.37. The van der Waals surface area contributed by atoms with E-state index in [2.05, 4.69) is 0 Å². The predicted molar refractivity (Wildman–Crippen MR) is 68.3 cm³/mol. The van der Waals surface area contributed by atoms with E-state index < -0.39 is 0 Å². The summed E-state index contributed by atoms with van der Waals surface area (Å²) in [4.78, 5) is 11.9. The van der Waals surface area contributed by atoms with Crippen LogP contribution in [0.1, 0.15) is 17.0 Å². The number of aromatic nitrogens is 2. The molecule has 0 saturated carbocycles. The van der Waals surface area contributed by atoms with Gasteiger partial charge in [-0.25, -0.2) is 4.74 Å². The zero-order chi connectivity index (χ0) is 13.4. The van der Waals surface area contributed by atoms with Crippen molar-refractivity contribution in [1.82, 2.24) is 4.73 Å². The summed E-state index contributed by atoms with van der Waals surface area (Å²) in [6.45, 7) is 3.19. The Kier molecular flexibility index (Phi) is 2.78. The number of nitrogens with zero attached hydrogens (tertiary/aromatic N) is 3. The zero-order valence-corrected chi connectivity index (χ0v) is 10.4. The van der Waals surface area contributed by atoms with E-state index >= 15 is 0 Å². The first-order valence-electron chi connectivity index (χ1n) is 5.42. The molecule has 94 valence electrons. The maximum Gasteiger partial charge on any atom is 0.286 e. The molecule has 0 unspecified atom stereocenters. The molecular formula is C12H13N3O3. The van der Waals surface area contributed by atoms with Crippen molar-refractivity contribution >= 4 is 17.2 Å². The van der Waals surface area contributed by atoms with Crippen LogP contribution in [0.4, 0.5) is 0 Å². The fourth-order valence-corrected chi connectivity index (χ4v) is 1.82. The van der Waals surface area contributed by atoms with Gasteiger partial charge in [0.25, 0.3) is 11.2 Å². The number of fused-ring (bicyclic) bond motifs is 1. The molecule has 1 aromatic carbocycles. The lowest BCUT2D eigenvalue weighted by molar-refractivity contribution is -0.473. The lowest BCUT2D eigenvalue weighted by Crippen LogP contribution is -2.24. The third-order valence-electron chi connectivity index (χ3n) is 2.90. The molecule has 1 heterocycles. The molecular weight excluding hydrogens is 234 g/mol. The number of hydrogen-bond acceptors (Lipinski definition) is 3. The fourth-order valence-electron chi connectivity index (χ4n) is 1.82. The quantitative estimate of drug-likeness (QED) is 0.327. The van der Waals surface area contributed by atoms with Gasteiger partial charge in [0.15, 0.2) is 6.21 Å².